The third kappa shape index (κ3) is 2.86. The molecule has 0 fully saturated rings. The monoisotopic (exact) mass is 244 g/mol. The molecule has 0 N–H and O–H groups in total. The highest BCUT2D eigenvalue weighted by Gasteiger charge is 2.14. The molecule has 1 heterocycles. The van der Waals surface area contributed by atoms with E-state index in [9.17, 15) is 0 Å². The predicted molar refractivity (Wildman–Crippen MR) is 74.7 cm³/mol. The van der Waals surface area contributed by atoms with Crippen LogP contribution in [-0.4, -0.2) is 37.2 Å². The molecule has 0 aliphatic carbocycles. The van der Waals surface area contributed by atoms with Crippen LogP contribution in [-0.2, 0) is 4.74 Å². The Balaban J connectivity index is 2.32. The Morgan fingerprint density at radius 3 is 2.78 bits per heavy atom. The Labute approximate surface area is 108 Å². The van der Waals surface area contributed by atoms with Gasteiger partial charge in [-0.25, -0.2) is 0 Å². The van der Waals surface area contributed by atoms with E-state index < -0.39 is 0 Å². The lowest BCUT2D eigenvalue weighted by Gasteiger charge is -2.24. The van der Waals surface area contributed by atoms with Crippen molar-refractivity contribution in [3.63, 3.8) is 0 Å². The Hall–Kier alpha value is -1.45. The van der Waals surface area contributed by atoms with Gasteiger partial charge in [0.15, 0.2) is 0 Å². The van der Waals surface area contributed by atoms with E-state index in [2.05, 4.69) is 36.1 Å². The van der Waals surface area contributed by atoms with Gasteiger partial charge in [-0.3, -0.25) is 4.98 Å². The van der Waals surface area contributed by atoms with Gasteiger partial charge in [-0.2, -0.15) is 0 Å². The fraction of sp³-hybridized carbons (Fsp3) is 0.400. The molecule has 0 saturated carbocycles. The summed E-state index contributed by atoms with van der Waals surface area (Å²) in [5.74, 6) is 0. The fourth-order valence-electron chi connectivity index (χ4n) is 2.04. The minimum absolute atomic E-state index is 0.252. The molecule has 1 aromatic carbocycles. The van der Waals surface area contributed by atoms with Crippen LogP contribution in [0.25, 0.3) is 10.9 Å². The van der Waals surface area contributed by atoms with Crippen molar-refractivity contribution in [3.8, 4) is 0 Å². The first-order valence-corrected chi connectivity index (χ1v) is 6.31. The number of pyridine rings is 1. The zero-order chi connectivity index (χ0) is 13.0. The van der Waals surface area contributed by atoms with Crippen LogP contribution in [0.15, 0.2) is 36.5 Å². The minimum atomic E-state index is 0.252. The molecule has 1 atom stereocenters. The van der Waals surface area contributed by atoms with Crippen LogP contribution in [0.5, 0.6) is 0 Å². The highest BCUT2D eigenvalue weighted by atomic mass is 16.5. The van der Waals surface area contributed by atoms with Crippen LogP contribution < -0.4 is 0 Å². The summed E-state index contributed by atoms with van der Waals surface area (Å²) in [4.78, 5) is 6.68. The molecule has 2 aromatic rings. The maximum Gasteiger partial charge on any atom is 0.0702 e. The second kappa shape index (κ2) is 5.94. The van der Waals surface area contributed by atoms with E-state index in [0.717, 1.165) is 12.1 Å². The Bertz CT molecular complexity index is 511. The topological polar surface area (TPSA) is 25.4 Å². The van der Waals surface area contributed by atoms with Gasteiger partial charge in [-0.15, -0.1) is 0 Å². The lowest BCUT2D eigenvalue weighted by Crippen LogP contribution is -2.24. The number of fused-ring (bicyclic) bond motifs is 1. The summed E-state index contributed by atoms with van der Waals surface area (Å²) in [6, 6.07) is 10.6. The van der Waals surface area contributed by atoms with Crippen molar-refractivity contribution in [1.29, 1.82) is 0 Å². The Morgan fingerprint density at radius 2 is 2.06 bits per heavy atom. The lowest BCUT2D eigenvalue weighted by molar-refractivity contribution is 0.0878. The first-order valence-electron chi connectivity index (χ1n) is 6.31. The molecule has 1 aromatic heterocycles. The largest absolute Gasteiger partial charge is 0.380 e. The SMILES string of the molecule is CCOCC(c1cnc2ccccc2c1)N(C)C. The first-order chi connectivity index (χ1) is 8.72. The van der Waals surface area contributed by atoms with Crippen molar-refractivity contribution in [2.75, 3.05) is 27.3 Å². The van der Waals surface area contributed by atoms with Crippen molar-refractivity contribution < 1.29 is 4.74 Å². The van der Waals surface area contributed by atoms with Gasteiger partial charge in [0.2, 0.25) is 0 Å². The second-order valence-electron chi connectivity index (χ2n) is 4.60. The van der Waals surface area contributed by atoms with Crippen molar-refractivity contribution in [2.24, 2.45) is 0 Å². The minimum Gasteiger partial charge on any atom is -0.380 e. The summed E-state index contributed by atoms with van der Waals surface area (Å²) in [6.07, 6.45) is 1.95. The molecule has 0 spiro atoms. The smallest absolute Gasteiger partial charge is 0.0702 e. The van der Waals surface area contributed by atoms with Crippen molar-refractivity contribution in [1.82, 2.24) is 9.88 Å². The number of rotatable bonds is 5. The average molecular weight is 244 g/mol. The fourth-order valence-corrected chi connectivity index (χ4v) is 2.04. The number of benzene rings is 1. The molecule has 2 rings (SSSR count). The second-order valence-corrected chi connectivity index (χ2v) is 4.60. The number of hydrogen-bond acceptors (Lipinski definition) is 3. The van der Waals surface area contributed by atoms with E-state index >= 15 is 0 Å². The van der Waals surface area contributed by atoms with Crippen LogP contribution in [0.2, 0.25) is 0 Å². The van der Waals surface area contributed by atoms with Crippen molar-refractivity contribution in [2.45, 2.75) is 13.0 Å². The van der Waals surface area contributed by atoms with E-state index in [1.807, 2.05) is 31.3 Å². The molecule has 0 radical (unpaired) electrons. The number of aromatic nitrogens is 1. The quantitative estimate of drug-likeness (QED) is 0.808. The molecule has 18 heavy (non-hydrogen) atoms. The summed E-state index contributed by atoms with van der Waals surface area (Å²) in [5.41, 5.74) is 2.24. The normalized spacial score (nSPS) is 13.1. The number of nitrogens with zero attached hydrogens (tertiary/aromatic N) is 2. The average Bonchev–Trinajstić information content (AvgIpc) is 2.38. The molecule has 3 heteroatoms. The highest BCUT2D eigenvalue weighted by molar-refractivity contribution is 5.78. The Morgan fingerprint density at radius 1 is 1.28 bits per heavy atom. The maximum atomic E-state index is 5.55. The zero-order valence-electron chi connectivity index (χ0n) is 11.3. The molecule has 3 nitrogen and oxygen atoms in total. The standard InChI is InChI=1S/C15H20N2O/c1-4-18-11-15(17(2)3)13-9-12-7-5-6-8-14(12)16-10-13/h5-10,15H,4,11H2,1-3H3. The third-order valence-corrected chi connectivity index (χ3v) is 3.10. The lowest BCUT2D eigenvalue weighted by atomic mass is 10.1. The number of para-hydroxylation sites is 1. The van der Waals surface area contributed by atoms with Crippen LogP contribution in [0.1, 0.15) is 18.5 Å². The van der Waals surface area contributed by atoms with Gasteiger partial charge in [-0.05, 0) is 38.7 Å². The summed E-state index contributed by atoms with van der Waals surface area (Å²) < 4.78 is 5.55. The van der Waals surface area contributed by atoms with E-state index in [1.54, 1.807) is 0 Å². The zero-order valence-corrected chi connectivity index (χ0v) is 11.3. The van der Waals surface area contributed by atoms with Gasteiger partial charge in [0, 0.05) is 18.2 Å². The summed E-state index contributed by atoms with van der Waals surface area (Å²) in [5, 5.41) is 1.18. The maximum absolute atomic E-state index is 5.55. The van der Waals surface area contributed by atoms with E-state index in [0.29, 0.717) is 6.61 Å². The number of hydrogen-bond donors (Lipinski definition) is 0. The van der Waals surface area contributed by atoms with Crippen LogP contribution in [0.4, 0.5) is 0 Å². The van der Waals surface area contributed by atoms with Gasteiger partial charge in [0.1, 0.15) is 0 Å². The first kappa shape index (κ1) is 13.0. The van der Waals surface area contributed by atoms with Crippen molar-refractivity contribution in [3.05, 3.63) is 42.1 Å². The molecule has 0 aliphatic heterocycles. The molecule has 0 aliphatic rings. The highest BCUT2D eigenvalue weighted by Crippen LogP contribution is 2.21. The summed E-state index contributed by atoms with van der Waals surface area (Å²) in [7, 11) is 4.14. The predicted octanol–water partition coefficient (Wildman–Crippen LogP) is 2.87. The molecular formula is C15H20N2O. The van der Waals surface area contributed by atoms with Gasteiger partial charge in [0.25, 0.3) is 0 Å². The van der Waals surface area contributed by atoms with Gasteiger partial charge in [0.05, 0.1) is 18.2 Å². The molecule has 0 amide bonds. The van der Waals surface area contributed by atoms with Crippen LogP contribution in [0, 0.1) is 0 Å². The van der Waals surface area contributed by atoms with E-state index in [4.69, 9.17) is 4.74 Å². The molecule has 96 valence electrons. The van der Waals surface area contributed by atoms with Crippen LogP contribution >= 0.6 is 0 Å². The molecular weight excluding hydrogens is 224 g/mol. The third-order valence-electron chi connectivity index (χ3n) is 3.10. The van der Waals surface area contributed by atoms with E-state index in [1.165, 1.54) is 10.9 Å². The van der Waals surface area contributed by atoms with Gasteiger partial charge in [-0.1, -0.05) is 18.2 Å². The number of likely N-dealkylation sites (N-methyl/N-ethyl adjacent to an activating group) is 1. The van der Waals surface area contributed by atoms with Crippen LogP contribution in [0.3, 0.4) is 0 Å². The Kier molecular flexibility index (Phi) is 4.28. The summed E-state index contributed by atoms with van der Waals surface area (Å²) >= 11 is 0. The molecule has 0 bridgehead atoms. The molecule has 0 saturated heterocycles. The molecule has 1 unspecified atom stereocenters. The van der Waals surface area contributed by atoms with Gasteiger partial charge >= 0.3 is 0 Å². The summed E-state index contributed by atoms with van der Waals surface area (Å²) in [6.45, 7) is 3.46. The van der Waals surface area contributed by atoms with Gasteiger partial charge < -0.3 is 9.64 Å². The van der Waals surface area contributed by atoms with Crippen molar-refractivity contribution >= 4 is 10.9 Å². The van der Waals surface area contributed by atoms with E-state index in [-0.39, 0.29) is 6.04 Å². The number of ether oxygens (including phenoxy) is 1.